The van der Waals surface area contributed by atoms with Gasteiger partial charge in [-0.25, -0.2) is 4.79 Å². The van der Waals surface area contributed by atoms with E-state index in [0.29, 0.717) is 29.3 Å². The van der Waals surface area contributed by atoms with Gasteiger partial charge in [0.1, 0.15) is 12.2 Å². The van der Waals surface area contributed by atoms with Gasteiger partial charge in [-0.2, -0.15) is 5.26 Å². The summed E-state index contributed by atoms with van der Waals surface area (Å²) in [5.41, 5.74) is 1.54. The molecule has 0 bridgehead atoms. The summed E-state index contributed by atoms with van der Waals surface area (Å²) < 4.78 is 16.2. The van der Waals surface area contributed by atoms with Gasteiger partial charge in [-0.3, -0.25) is 0 Å². The van der Waals surface area contributed by atoms with E-state index in [4.69, 9.17) is 19.2 Å². The minimum absolute atomic E-state index is 0.310. The van der Waals surface area contributed by atoms with Crippen LogP contribution in [-0.2, 0) is 6.61 Å². The smallest absolute Gasteiger partial charge is 0.336 e. The third kappa shape index (κ3) is 3.16. The van der Waals surface area contributed by atoms with Gasteiger partial charge in [-0.15, -0.1) is 0 Å². The molecule has 3 aromatic rings. The number of ether oxygens (including phenoxy) is 2. The topological polar surface area (TPSA) is 72.5 Å². The van der Waals surface area contributed by atoms with E-state index in [2.05, 4.69) is 6.07 Å². The number of fused-ring (bicyclic) bond motifs is 1. The molecule has 0 radical (unpaired) electrons. The fraction of sp³-hybridized carbons (Fsp3) is 0.111. The first-order valence-corrected chi connectivity index (χ1v) is 6.93. The first-order chi connectivity index (χ1) is 11.2. The van der Waals surface area contributed by atoms with Crippen LogP contribution in [0.25, 0.3) is 11.0 Å². The lowest BCUT2D eigenvalue weighted by Gasteiger charge is -2.11. The van der Waals surface area contributed by atoms with E-state index in [9.17, 15) is 4.79 Å². The van der Waals surface area contributed by atoms with E-state index in [1.54, 1.807) is 37.4 Å². The van der Waals surface area contributed by atoms with Crippen molar-refractivity contribution in [3.63, 3.8) is 0 Å². The van der Waals surface area contributed by atoms with Crippen LogP contribution in [0.5, 0.6) is 11.5 Å². The third-order valence-electron chi connectivity index (χ3n) is 3.38. The molecule has 0 spiro atoms. The Hall–Kier alpha value is -3.26. The molecule has 114 valence electrons. The fourth-order valence-corrected chi connectivity index (χ4v) is 2.18. The molecule has 0 N–H and O–H groups in total. The minimum Gasteiger partial charge on any atom is -0.493 e. The van der Waals surface area contributed by atoms with Crippen molar-refractivity contribution in [3.8, 4) is 17.6 Å². The molecule has 23 heavy (non-hydrogen) atoms. The Morgan fingerprint density at radius 3 is 2.57 bits per heavy atom. The molecular weight excluding hydrogens is 294 g/mol. The normalized spacial score (nSPS) is 10.3. The maximum Gasteiger partial charge on any atom is 0.336 e. The standard InChI is InChI=1S/C18H13NO4/c1-21-16-8-14-6-7-18(20)23-15(14)9-17(16)22-11-13-4-2-12(10-19)3-5-13/h2-9H,11H2,1H3. The summed E-state index contributed by atoms with van der Waals surface area (Å²) >= 11 is 0. The summed E-state index contributed by atoms with van der Waals surface area (Å²) in [5.74, 6) is 1.04. The zero-order chi connectivity index (χ0) is 16.2. The van der Waals surface area contributed by atoms with Crippen LogP contribution in [0.1, 0.15) is 11.1 Å². The van der Waals surface area contributed by atoms with E-state index in [-0.39, 0.29) is 0 Å². The molecule has 0 unspecified atom stereocenters. The van der Waals surface area contributed by atoms with Crippen molar-refractivity contribution in [1.29, 1.82) is 5.26 Å². The molecule has 1 aromatic heterocycles. The second-order valence-electron chi connectivity index (χ2n) is 4.89. The molecule has 0 aliphatic heterocycles. The number of hydrogen-bond donors (Lipinski definition) is 0. The minimum atomic E-state index is -0.416. The van der Waals surface area contributed by atoms with Crippen LogP contribution in [0.3, 0.4) is 0 Å². The van der Waals surface area contributed by atoms with Gasteiger partial charge in [-0.1, -0.05) is 12.1 Å². The van der Waals surface area contributed by atoms with Gasteiger partial charge in [-0.05, 0) is 29.8 Å². The lowest BCUT2D eigenvalue weighted by atomic mass is 10.1. The van der Waals surface area contributed by atoms with Crippen molar-refractivity contribution in [3.05, 3.63) is 70.1 Å². The molecule has 0 atom stereocenters. The Balaban J connectivity index is 1.88. The molecule has 0 amide bonds. The fourth-order valence-electron chi connectivity index (χ4n) is 2.18. The molecule has 0 saturated carbocycles. The van der Waals surface area contributed by atoms with Crippen molar-refractivity contribution in [2.75, 3.05) is 7.11 Å². The maximum absolute atomic E-state index is 11.3. The van der Waals surface area contributed by atoms with Gasteiger partial charge in [0, 0.05) is 17.5 Å². The summed E-state index contributed by atoms with van der Waals surface area (Å²) in [6, 6.07) is 15.6. The lowest BCUT2D eigenvalue weighted by Crippen LogP contribution is -1.99. The average Bonchev–Trinajstić information content (AvgIpc) is 2.59. The van der Waals surface area contributed by atoms with Gasteiger partial charge in [0.15, 0.2) is 11.5 Å². The first-order valence-electron chi connectivity index (χ1n) is 6.93. The molecule has 0 saturated heterocycles. The summed E-state index contributed by atoms with van der Waals surface area (Å²) in [5, 5.41) is 9.55. The molecule has 0 aliphatic carbocycles. The Bertz CT molecular complexity index is 936. The quantitative estimate of drug-likeness (QED) is 0.692. The number of methoxy groups -OCH3 is 1. The Morgan fingerprint density at radius 1 is 1.09 bits per heavy atom. The number of nitriles is 1. The number of rotatable bonds is 4. The van der Waals surface area contributed by atoms with Crippen LogP contribution in [0.15, 0.2) is 57.7 Å². The van der Waals surface area contributed by atoms with Gasteiger partial charge < -0.3 is 13.9 Å². The molecule has 2 aromatic carbocycles. The Kier molecular flexibility index (Phi) is 3.98. The van der Waals surface area contributed by atoms with Crippen molar-refractivity contribution in [1.82, 2.24) is 0 Å². The van der Waals surface area contributed by atoms with E-state index >= 15 is 0 Å². The second kappa shape index (κ2) is 6.24. The highest BCUT2D eigenvalue weighted by Gasteiger charge is 2.09. The zero-order valence-corrected chi connectivity index (χ0v) is 12.4. The molecular formula is C18H13NO4. The molecule has 0 fully saturated rings. The third-order valence-corrected chi connectivity index (χ3v) is 3.38. The van der Waals surface area contributed by atoms with Crippen molar-refractivity contribution >= 4 is 11.0 Å². The molecule has 0 aliphatic rings. The highest BCUT2D eigenvalue weighted by Crippen LogP contribution is 2.32. The SMILES string of the molecule is COc1cc2ccc(=O)oc2cc1OCc1ccc(C#N)cc1. The van der Waals surface area contributed by atoms with E-state index in [0.717, 1.165) is 10.9 Å². The Labute approximate surface area is 132 Å². The molecule has 1 heterocycles. The summed E-state index contributed by atoms with van der Waals surface area (Å²) in [7, 11) is 1.55. The summed E-state index contributed by atoms with van der Waals surface area (Å²) in [4.78, 5) is 11.3. The van der Waals surface area contributed by atoms with Gasteiger partial charge >= 0.3 is 5.63 Å². The Morgan fingerprint density at radius 2 is 1.87 bits per heavy atom. The second-order valence-corrected chi connectivity index (χ2v) is 4.89. The lowest BCUT2D eigenvalue weighted by molar-refractivity contribution is 0.284. The van der Waals surface area contributed by atoms with Crippen LogP contribution in [0, 0.1) is 11.3 Å². The van der Waals surface area contributed by atoms with Crippen LogP contribution in [-0.4, -0.2) is 7.11 Å². The predicted octanol–water partition coefficient (Wildman–Crippen LogP) is 3.25. The van der Waals surface area contributed by atoms with Crippen LogP contribution < -0.4 is 15.1 Å². The largest absolute Gasteiger partial charge is 0.493 e. The molecule has 3 rings (SSSR count). The molecule has 5 nitrogen and oxygen atoms in total. The maximum atomic E-state index is 11.3. The number of nitrogens with zero attached hydrogens (tertiary/aromatic N) is 1. The van der Waals surface area contributed by atoms with Gasteiger partial charge in [0.2, 0.25) is 0 Å². The average molecular weight is 307 g/mol. The van der Waals surface area contributed by atoms with Crippen LogP contribution >= 0.6 is 0 Å². The van der Waals surface area contributed by atoms with E-state index in [1.165, 1.54) is 6.07 Å². The van der Waals surface area contributed by atoms with E-state index in [1.807, 2.05) is 12.1 Å². The van der Waals surface area contributed by atoms with Gasteiger partial charge in [0.25, 0.3) is 0 Å². The highest BCUT2D eigenvalue weighted by atomic mass is 16.5. The van der Waals surface area contributed by atoms with E-state index < -0.39 is 5.63 Å². The monoisotopic (exact) mass is 307 g/mol. The van der Waals surface area contributed by atoms with Crippen molar-refractivity contribution in [2.45, 2.75) is 6.61 Å². The zero-order valence-electron chi connectivity index (χ0n) is 12.4. The first kappa shape index (κ1) is 14.7. The van der Waals surface area contributed by atoms with Crippen LogP contribution in [0.2, 0.25) is 0 Å². The van der Waals surface area contributed by atoms with Crippen molar-refractivity contribution < 1.29 is 13.9 Å². The van der Waals surface area contributed by atoms with Gasteiger partial charge in [0.05, 0.1) is 18.7 Å². The van der Waals surface area contributed by atoms with Crippen molar-refractivity contribution in [2.24, 2.45) is 0 Å². The number of benzene rings is 2. The molecule has 5 heteroatoms. The summed E-state index contributed by atoms with van der Waals surface area (Å²) in [6.45, 7) is 0.310. The highest BCUT2D eigenvalue weighted by molar-refractivity contribution is 5.80. The number of hydrogen-bond acceptors (Lipinski definition) is 5. The predicted molar refractivity (Wildman–Crippen MR) is 84.5 cm³/mol. The van der Waals surface area contributed by atoms with Crippen LogP contribution in [0.4, 0.5) is 0 Å². The summed E-state index contributed by atoms with van der Waals surface area (Å²) in [6.07, 6.45) is 0.